The third-order valence-corrected chi connectivity index (χ3v) is 4.45. The number of aryl methyl sites for hydroxylation is 1. The van der Waals surface area contributed by atoms with E-state index in [0.717, 1.165) is 22.6 Å². The second-order valence-corrected chi connectivity index (χ2v) is 6.46. The molecule has 6 nitrogen and oxygen atoms in total. The Bertz CT molecular complexity index is 991. The molecular formula is C23H26N4O2. The zero-order valence-electron chi connectivity index (χ0n) is 17.4. The number of hydrazone groups is 1. The molecule has 0 fully saturated rings. The van der Waals surface area contributed by atoms with Gasteiger partial charge in [-0.2, -0.15) is 0 Å². The first kappa shape index (κ1) is 20.2. The van der Waals surface area contributed by atoms with Crippen LogP contribution in [-0.2, 0) is 4.74 Å². The maximum absolute atomic E-state index is 6.10. The van der Waals surface area contributed by atoms with Crippen LogP contribution in [0.25, 0.3) is 0 Å². The standard InChI is InChI=1S/C23H26N4O2/c1-6-20-22(25-21(7-2)24-17-11-9-8-10-12-17)27(4)26-23(29-20)19-14-13-18(28-5)15-16(19)3/h6-15,24H,1-5H3/b20-6+,21-7?,25-22+. The van der Waals surface area contributed by atoms with Crippen LogP contribution in [0.1, 0.15) is 25.0 Å². The summed E-state index contributed by atoms with van der Waals surface area (Å²) < 4.78 is 11.4. The Kier molecular flexibility index (Phi) is 6.34. The van der Waals surface area contributed by atoms with E-state index in [1.54, 1.807) is 12.1 Å². The molecule has 29 heavy (non-hydrogen) atoms. The van der Waals surface area contributed by atoms with Crippen molar-refractivity contribution in [1.29, 1.82) is 0 Å². The average Bonchev–Trinajstić information content (AvgIpc) is 2.74. The lowest BCUT2D eigenvalue weighted by Crippen LogP contribution is -2.33. The number of aliphatic imine (C=N–C) groups is 1. The van der Waals surface area contributed by atoms with Crippen LogP contribution in [0.4, 0.5) is 5.69 Å². The minimum atomic E-state index is 0.526. The minimum Gasteiger partial charge on any atom is -0.497 e. The summed E-state index contributed by atoms with van der Waals surface area (Å²) in [5.74, 6) is 3.30. The van der Waals surface area contributed by atoms with Gasteiger partial charge < -0.3 is 14.8 Å². The monoisotopic (exact) mass is 390 g/mol. The van der Waals surface area contributed by atoms with Crippen molar-refractivity contribution < 1.29 is 9.47 Å². The lowest BCUT2D eigenvalue weighted by Gasteiger charge is -2.26. The number of para-hydroxylation sites is 1. The van der Waals surface area contributed by atoms with Crippen LogP contribution < -0.4 is 10.1 Å². The van der Waals surface area contributed by atoms with E-state index >= 15 is 0 Å². The van der Waals surface area contributed by atoms with Crippen molar-refractivity contribution in [2.24, 2.45) is 10.1 Å². The highest BCUT2D eigenvalue weighted by molar-refractivity contribution is 6.06. The van der Waals surface area contributed by atoms with E-state index in [9.17, 15) is 0 Å². The number of hydrogen-bond donors (Lipinski definition) is 1. The highest BCUT2D eigenvalue weighted by Gasteiger charge is 2.25. The molecular weight excluding hydrogens is 364 g/mol. The molecule has 0 atom stereocenters. The average molecular weight is 390 g/mol. The second-order valence-electron chi connectivity index (χ2n) is 6.46. The summed E-state index contributed by atoms with van der Waals surface area (Å²) in [4.78, 5) is 4.73. The molecule has 0 radical (unpaired) electrons. The summed E-state index contributed by atoms with van der Waals surface area (Å²) in [6.07, 6.45) is 3.80. The number of nitrogens with zero attached hydrogens (tertiary/aromatic N) is 3. The van der Waals surface area contributed by atoms with Gasteiger partial charge in [0.1, 0.15) is 11.6 Å². The number of ether oxygens (including phenoxy) is 2. The van der Waals surface area contributed by atoms with E-state index in [-0.39, 0.29) is 0 Å². The number of hydrogen-bond acceptors (Lipinski definition) is 5. The molecule has 1 N–H and O–H groups in total. The lowest BCUT2D eigenvalue weighted by molar-refractivity contribution is 0.369. The smallest absolute Gasteiger partial charge is 0.244 e. The maximum Gasteiger partial charge on any atom is 0.244 e. The molecule has 0 saturated heterocycles. The molecule has 3 rings (SSSR count). The molecule has 2 aromatic rings. The zero-order chi connectivity index (χ0) is 20.8. The highest BCUT2D eigenvalue weighted by atomic mass is 16.5. The third-order valence-electron chi connectivity index (χ3n) is 4.45. The van der Waals surface area contributed by atoms with Crippen molar-refractivity contribution in [2.45, 2.75) is 20.8 Å². The molecule has 1 aliphatic heterocycles. The quantitative estimate of drug-likeness (QED) is 0.789. The molecule has 2 aromatic carbocycles. The van der Waals surface area contributed by atoms with E-state index in [2.05, 4.69) is 10.4 Å². The molecule has 150 valence electrons. The molecule has 6 heteroatoms. The van der Waals surface area contributed by atoms with Crippen LogP contribution in [0.3, 0.4) is 0 Å². The molecule has 0 aromatic heterocycles. The Morgan fingerprint density at radius 2 is 1.93 bits per heavy atom. The second kappa shape index (κ2) is 9.10. The largest absolute Gasteiger partial charge is 0.497 e. The van der Waals surface area contributed by atoms with Gasteiger partial charge in [0.25, 0.3) is 0 Å². The number of amidine groups is 1. The summed E-state index contributed by atoms with van der Waals surface area (Å²) in [7, 11) is 3.51. The first-order valence-electron chi connectivity index (χ1n) is 9.44. The van der Waals surface area contributed by atoms with Crippen LogP contribution in [0.5, 0.6) is 5.75 Å². The van der Waals surface area contributed by atoms with Crippen LogP contribution >= 0.6 is 0 Å². The van der Waals surface area contributed by atoms with Gasteiger partial charge >= 0.3 is 0 Å². The van der Waals surface area contributed by atoms with Crippen LogP contribution in [0.15, 0.2) is 82.4 Å². The molecule has 1 aliphatic rings. The number of nitrogens with one attached hydrogen (secondary N) is 1. The third kappa shape index (κ3) is 4.66. The predicted molar refractivity (Wildman–Crippen MR) is 118 cm³/mol. The van der Waals surface area contributed by atoms with Crippen molar-refractivity contribution in [1.82, 2.24) is 5.01 Å². The normalized spacial score (nSPS) is 17.2. The molecule has 0 bridgehead atoms. The summed E-state index contributed by atoms with van der Waals surface area (Å²) in [5.41, 5.74) is 2.89. The van der Waals surface area contributed by atoms with Gasteiger partial charge in [-0.1, -0.05) is 18.2 Å². The molecule has 0 amide bonds. The van der Waals surface area contributed by atoms with Gasteiger partial charge in [0, 0.05) is 18.3 Å². The summed E-state index contributed by atoms with van der Waals surface area (Å²) in [5, 5.41) is 9.64. The Morgan fingerprint density at radius 3 is 2.55 bits per heavy atom. The number of methoxy groups -OCH3 is 1. The Hall–Kier alpha value is -3.54. The van der Waals surface area contributed by atoms with Crippen LogP contribution in [0, 0.1) is 6.92 Å². The maximum atomic E-state index is 6.10. The fourth-order valence-electron chi connectivity index (χ4n) is 2.89. The number of benzene rings is 2. The van der Waals surface area contributed by atoms with Gasteiger partial charge in [-0.3, -0.25) is 0 Å². The van der Waals surface area contributed by atoms with E-state index < -0.39 is 0 Å². The Morgan fingerprint density at radius 1 is 1.17 bits per heavy atom. The van der Waals surface area contributed by atoms with Gasteiger partial charge in [-0.25, -0.2) is 10.0 Å². The van der Waals surface area contributed by atoms with E-state index in [0.29, 0.717) is 23.3 Å². The zero-order valence-corrected chi connectivity index (χ0v) is 17.4. The molecule has 0 spiro atoms. The number of rotatable bonds is 5. The van der Waals surface area contributed by atoms with Gasteiger partial charge in [-0.15, -0.1) is 5.10 Å². The molecule has 0 saturated carbocycles. The van der Waals surface area contributed by atoms with Gasteiger partial charge in [0.2, 0.25) is 5.90 Å². The topological polar surface area (TPSA) is 58.5 Å². The van der Waals surface area contributed by atoms with Crippen molar-refractivity contribution in [3.05, 3.63) is 83.4 Å². The SMILES string of the molecule is CC=C(/N=C1\C(=C/C)OC(c2ccc(OC)cc2C)=NN1C)Nc1ccccc1. The van der Waals surface area contributed by atoms with Crippen molar-refractivity contribution in [3.63, 3.8) is 0 Å². The van der Waals surface area contributed by atoms with Gasteiger partial charge in [0.05, 0.1) is 7.11 Å². The minimum absolute atomic E-state index is 0.526. The molecule has 1 heterocycles. The van der Waals surface area contributed by atoms with Gasteiger partial charge in [0.15, 0.2) is 11.6 Å². The van der Waals surface area contributed by atoms with E-state index in [1.807, 2.05) is 88.5 Å². The summed E-state index contributed by atoms with van der Waals surface area (Å²) in [6.45, 7) is 5.86. The van der Waals surface area contributed by atoms with Crippen molar-refractivity contribution in [2.75, 3.05) is 19.5 Å². The fourth-order valence-corrected chi connectivity index (χ4v) is 2.89. The fraction of sp³-hybridized carbons (Fsp3) is 0.217. The summed E-state index contributed by atoms with van der Waals surface area (Å²) in [6, 6.07) is 15.7. The Balaban J connectivity index is 1.91. The lowest BCUT2D eigenvalue weighted by atomic mass is 10.1. The number of allylic oxidation sites excluding steroid dienone is 2. The molecule has 0 unspecified atom stereocenters. The Labute approximate surface area is 171 Å². The van der Waals surface area contributed by atoms with Crippen molar-refractivity contribution in [3.8, 4) is 5.75 Å². The van der Waals surface area contributed by atoms with Gasteiger partial charge in [-0.05, 0) is 68.8 Å². The van der Waals surface area contributed by atoms with Crippen LogP contribution in [-0.4, -0.2) is 30.9 Å². The number of anilines is 1. The number of likely N-dealkylation sites (N-methyl/N-ethyl adjacent to an activating group) is 1. The first-order valence-corrected chi connectivity index (χ1v) is 9.44. The highest BCUT2D eigenvalue weighted by Crippen LogP contribution is 2.23. The predicted octanol–water partition coefficient (Wildman–Crippen LogP) is 4.90. The first-order chi connectivity index (χ1) is 14.0. The van der Waals surface area contributed by atoms with E-state index in [4.69, 9.17) is 14.5 Å². The summed E-state index contributed by atoms with van der Waals surface area (Å²) >= 11 is 0. The van der Waals surface area contributed by atoms with Crippen molar-refractivity contribution >= 4 is 17.4 Å². The van der Waals surface area contributed by atoms with Crippen LogP contribution in [0.2, 0.25) is 0 Å². The molecule has 0 aliphatic carbocycles. The van der Waals surface area contributed by atoms with E-state index in [1.165, 1.54) is 0 Å².